The van der Waals surface area contributed by atoms with Crippen LogP contribution in [0.3, 0.4) is 0 Å². The van der Waals surface area contributed by atoms with E-state index < -0.39 is 11.2 Å². The van der Waals surface area contributed by atoms with Crippen LogP contribution in [0.4, 0.5) is 5.95 Å². The molecule has 9 nitrogen and oxygen atoms in total. The van der Waals surface area contributed by atoms with Crippen LogP contribution in [0.15, 0.2) is 28.0 Å². The molecule has 1 atom stereocenters. The van der Waals surface area contributed by atoms with Crippen molar-refractivity contribution < 1.29 is 18.7 Å². The van der Waals surface area contributed by atoms with Crippen LogP contribution in [0.2, 0.25) is 0 Å². The molecule has 3 aromatic rings. The number of rotatable bonds is 8. The topological polar surface area (TPSA) is 106 Å². The molecule has 0 amide bonds. The molecular weight excluding hydrogens is 430 g/mol. The number of ether oxygens (including phenoxy) is 1. The number of aromatic amines is 1. The van der Waals surface area contributed by atoms with Gasteiger partial charge in [-0.1, -0.05) is 11.8 Å². The summed E-state index contributed by atoms with van der Waals surface area (Å²) in [4.78, 5) is 30.6. The summed E-state index contributed by atoms with van der Waals surface area (Å²) in [5.74, 6) is 1.02. The molecule has 1 fully saturated rings. The first-order valence-electron chi connectivity index (χ1n) is 10.6. The normalized spacial score (nSPS) is 14.7. The van der Waals surface area contributed by atoms with Crippen molar-refractivity contribution in [1.29, 1.82) is 0 Å². The van der Waals surface area contributed by atoms with Crippen molar-refractivity contribution >= 4 is 29.5 Å². The maximum Gasteiger partial charge on any atom is 0.339 e. The quantitative estimate of drug-likeness (QED) is 0.311. The van der Waals surface area contributed by atoms with Gasteiger partial charge in [0.25, 0.3) is 0 Å². The number of H-pyrrole nitrogens is 1. The molecular formula is C22H27N5O4S. The van der Waals surface area contributed by atoms with E-state index in [1.165, 1.54) is 18.9 Å². The molecule has 10 heteroatoms. The Morgan fingerprint density at radius 3 is 2.69 bits per heavy atom. The van der Waals surface area contributed by atoms with Crippen LogP contribution >= 0.6 is 11.8 Å². The number of aryl methyl sites for hydroxylation is 1. The Hall–Kier alpha value is -3.01. The smallest absolute Gasteiger partial charge is 0.339 e. The molecule has 4 heterocycles. The molecule has 0 spiro atoms. The van der Waals surface area contributed by atoms with E-state index in [0.29, 0.717) is 34.2 Å². The lowest BCUT2D eigenvalue weighted by atomic mass is 10.1. The van der Waals surface area contributed by atoms with Gasteiger partial charge in [0.1, 0.15) is 5.76 Å². The number of methoxy groups -OCH3 is 1. The van der Waals surface area contributed by atoms with Crippen LogP contribution in [0, 0.1) is 13.8 Å². The number of carbonyl (C=O) groups excluding carboxylic acids is 2. The first kappa shape index (κ1) is 22.2. The molecule has 0 radical (unpaired) electrons. The standard InChI is InChI=1S/C22H27N5O4S/c1-13-17(20(29)30-4)14(2)23-18(13)19(28)15(3)32-22-25-24-21(26-9-5-6-10-26)27(22)12-16-8-7-11-31-16/h7-8,11,15,23H,5-6,9-10,12H2,1-4H3. The van der Waals surface area contributed by atoms with Crippen LogP contribution in [-0.4, -0.2) is 57.0 Å². The summed E-state index contributed by atoms with van der Waals surface area (Å²) in [5.41, 5.74) is 2.04. The Morgan fingerprint density at radius 2 is 2.03 bits per heavy atom. The van der Waals surface area contributed by atoms with Crippen molar-refractivity contribution in [2.75, 3.05) is 25.1 Å². The van der Waals surface area contributed by atoms with Crippen molar-refractivity contribution in [2.45, 2.75) is 50.6 Å². The van der Waals surface area contributed by atoms with Gasteiger partial charge in [-0.25, -0.2) is 4.79 Å². The predicted octanol–water partition coefficient (Wildman–Crippen LogP) is 3.61. The van der Waals surface area contributed by atoms with Gasteiger partial charge in [-0.2, -0.15) is 0 Å². The van der Waals surface area contributed by atoms with Gasteiger partial charge < -0.3 is 19.0 Å². The maximum atomic E-state index is 13.2. The van der Waals surface area contributed by atoms with E-state index in [2.05, 4.69) is 20.1 Å². The zero-order valence-corrected chi connectivity index (χ0v) is 19.5. The number of nitrogens with one attached hydrogen (secondary N) is 1. The zero-order chi connectivity index (χ0) is 22.8. The molecule has 1 aliphatic rings. The van der Waals surface area contributed by atoms with Crippen LogP contribution in [0.1, 0.15) is 57.6 Å². The van der Waals surface area contributed by atoms with E-state index >= 15 is 0 Å². The van der Waals surface area contributed by atoms with Crippen molar-refractivity contribution in [3.8, 4) is 0 Å². The molecule has 0 saturated carbocycles. The van der Waals surface area contributed by atoms with E-state index in [1.807, 2.05) is 23.6 Å². The number of Topliss-reactive ketones (excluding diaryl/α,β-unsaturated/α-hetero) is 1. The lowest BCUT2D eigenvalue weighted by Crippen LogP contribution is -2.23. The summed E-state index contributed by atoms with van der Waals surface area (Å²) in [6, 6.07) is 3.76. The highest BCUT2D eigenvalue weighted by atomic mass is 32.2. The van der Waals surface area contributed by atoms with Gasteiger partial charge >= 0.3 is 5.97 Å². The second kappa shape index (κ2) is 9.23. The monoisotopic (exact) mass is 457 g/mol. The summed E-state index contributed by atoms with van der Waals surface area (Å²) in [5, 5.41) is 9.04. The number of thioether (sulfide) groups is 1. The SMILES string of the molecule is COC(=O)c1c(C)[nH]c(C(=O)C(C)Sc2nnc(N3CCCC3)n2Cc2ccco2)c1C. The summed E-state index contributed by atoms with van der Waals surface area (Å²) >= 11 is 1.35. The van der Waals surface area contributed by atoms with E-state index in [0.717, 1.165) is 37.6 Å². The summed E-state index contributed by atoms with van der Waals surface area (Å²) in [6.07, 6.45) is 3.89. The minimum absolute atomic E-state index is 0.110. The molecule has 170 valence electrons. The average molecular weight is 458 g/mol. The largest absolute Gasteiger partial charge is 0.467 e. The molecule has 0 aliphatic carbocycles. The zero-order valence-electron chi connectivity index (χ0n) is 18.7. The highest BCUT2D eigenvalue weighted by Crippen LogP contribution is 2.31. The van der Waals surface area contributed by atoms with E-state index in [1.54, 1.807) is 20.1 Å². The summed E-state index contributed by atoms with van der Waals surface area (Å²) in [7, 11) is 1.33. The lowest BCUT2D eigenvalue weighted by molar-refractivity contribution is 0.0599. The highest BCUT2D eigenvalue weighted by Gasteiger charge is 2.28. The first-order chi connectivity index (χ1) is 15.4. The Kier molecular flexibility index (Phi) is 6.40. The number of hydrogen-bond acceptors (Lipinski definition) is 8. The van der Waals surface area contributed by atoms with Crippen LogP contribution in [0.25, 0.3) is 0 Å². The van der Waals surface area contributed by atoms with Gasteiger partial charge in [-0.15, -0.1) is 10.2 Å². The molecule has 0 bridgehead atoms. The molecule has 1 saturated heterocycles. The van der Waals surface area contributed by atoms with Gasteiger partial charge in [0, 0.05) is 18.8 Å². The molecule has 0 aromatic carbocycles. The third-order valence-corrected chi connectivity index (χ3v) is 6.79. The molecule has 1 unspecified atom stereocenters. The van der Waals surface area contributed by atoms with Crippen LogP contribution in [-0.2, 0) is 11.3 Å². The predicted molar refractivity (Wildman–Crippen MR) is 121 cm³/mol. The Labute approximate surface area is 190 Å². The first-order valence-corrected chi connectivity index (χ1v) is 11.5. The summed E-state index contributed by atoms with van der Waals surface area (Å²) < 4.78 is 12.4. The van der Waals surface area contributed by atoms with Crippen molar-refractivity contribution in [2.24, 2.45) is 0 Å². The van der Waals surface area contributed by atoms with Gasteiger partial charge in [0.05, 0.1) is 36.4 Å². The van der Waals surface area contributed by atoms with Gasteiger partial charge in [0.2, 0.25) is 5.95 Å². The number of nitrogens with zero attached hydrogens (tertiary/aromatic N) is 4. The summed E-state index contributed by atoms with van der Waals surface area (Å²) in [6.45, 7) is 7.71. The van der Waals surface area contributed by atoms with Crippen LogP contribution < -0.4 is 4.90 Å². The van der Waals surface area contributed by atoms with Gasteiger partial charge in [0.15, 0.2) is 10.9 Å². The van der Waals surface area contributed by atoms with E-state index in [9.17, 15) is 9.59 Å². The number of ketones is 1. The van der Waals surface area contributed by atoms with Crippen LogP contribution in [0.5, 0.6) is 0 Å². The Balaban J connectivity index is 1.60. The third kappa shape index (κ3) is 4.19. The lowest BCUT2D eigenvalue weighted by Gasteiger charge is -2.18. The van der Waals surface area contributed by atoms with Crippen molar-refractivity contribution in [3.05, 3.63) is 46.7 Å². The highest BCUT2D eigenvalue weighted by molar-refractivity contribution is 8.00. The fraction of sp³-hybridized carbons (Fsp3) is 0.455. The maximum absolute atomic E-state index is 13.2. The number of anilines is 1. The second-order valence-corrected chi connectivity index (χ2v) is 9.19. The molecule has 1 N–H and O–H groups in total. The molecule has 1 aliphatic heterocycles. The number of furan rings is 1. The molecule has 4 rings (SSSR count). The van der Waals surface area contributed by atoms with Crippen molar-refractivity contribution in [1.82, 2.24) is 19.7 Å². The Morgan fingerprint density at radius 1 is 1.28 bits per heavy atom. The minimum atomic E-state index is -0.455. The van der Waals surface area contributed by atoms with E-state index in [-0.39, 0.29) is 5.78 Å². The van der Waals surface area contributed by atoms with Gasteiger partial charge in [-0.3, -0.25) is 9.36 Å². The number of esters is 1. The van der Waals surface area contributed by atoms with Crippen molar-refractivity contribution in [3.63, 3.8) is 0 Å². The fourth-order valence-electron chi connectivity index (χ4n) is 4.04. The molecule has 32 heavy (non-hydrogen) atoms. The van der Waals surface area contributed by atoms with Gasteiger partial charge in [-0.05, 0) is 51.3 Å². The average Bonchev–Trinajstić information content (AvgIpc) is 3.57. The van der Waals surface area contributed by atoms with E-state index in [4.69, 9.17) is 9.15 Å². The second-order valence-electron chi connectivity index (χ2n) is 7.88. The third-order valence-electron chi connectivity index (χ3n) is 5.71. The molecule has 3 aromatic heterocycles. The number of hydrogen-bond donors (Lipinski definition) is 1. The minimum Gasteiger partial charge on any atom is -0.467 e. The fourth-order valence-corrected chi connectivity index (χ4v) is 4.94. The Bertz CT molecular complexity index is 1110. The number of aromatic nitrogens is 4. The number of carbonyl (C=O) groups is 2.